The Kier molecular flexibility index (Phi) is 10.9. The molecule has 0 spiro atoms. The molecular formula is C41H43O9S3+. The standard InChI is InChI=1S/C41H42O9S3/c1-23-15-24(2)37(25(3)16-23)20-31-9-12-34(27(5)18-31)40(36-14-11-33(51(42,43)44)22-39(36)52(45,46)47)35-13-10-32(19-28(35)6)21-38-26(4)17-29(7)41(30(38)8)53(48,49)50/h9-19,22H,20-21H2,1-8H3,(H2-,42,43,44,45,46,47,48,49,50)/p+1. The lowest BCUT2D eigenvalue weighted by atomic mass is 9.83. The minimum atomic E-state index is -5.01. The molecule has 0 heterocycles. The maximum Gasteiger partial charge on any atom is 0.331 e. The summed E-state index contributed by atoms with van der Waals surface area (Å²) in [6, 6.07) is 17.4. The van der Waals surface area contributed by atoms with Crippen molar-refractivity contribution in [2.45, 2.75) is 73.1 Å². The normalized spacial score (nSPS) is 14.8. The molecule has 0 saturated carbocycles. The van der Waals surface area contributed by atoms with E-state index in [0.29, 0.717) is 46.2 Å². The van der Waals surface area contributed by atoms with Crippen molar-refractivity contribution in [1.29, 1.82) is 0 Å². The smallest absolute Gasteiger partial charge is 0.282 e. The summed E-state index contributed by atoms with van der Waals surface area (Å²) in [7, 11) is -14.3. The van der Waals surface area contributed by atoms with Crippen LogP contribution in [0.4, 0.5) is 0 Å². The summed E-state index contributed by atoms with van der Waals surface area (Å²) in [4.78, 5) is -0.816. The van der Waals surface area contributed by atoms with Crippen molar-refractivity contribution in [2.75, 3.05) is 0 Å². The summed E-state index contributed by atoms with van der Waals surface area (Å²) in [6.45, 7) is 15.1. The van der Waals surface area contributed by atoms with Gasteiger partial charge in [-0.1, -0.05) is 48.0 Å². The summed E-state index contributed by atoms with van der Waals surface area (Å²) in [5.41, 5.74) is 12.2. The average Bonchev–Trinajstić information content (AvgIpc) is 3.01. The molecular weight excluding hydrogens is 733 g/mol. The molecule has 4 aromatic carbocycles. The molecule has 12 heteroatoms. The molecule has 9 nitrogen and oxygen atoms in total. The SMILES string of the molecule is Cc1cc(C)c(Cc2ccc(C(=C3C=CC(S(=O)(=O)O)=C[C+]3S(=O)(=O)O)c3ccc(Cc4c(C)cc(C)c(S(=O)(=O)O)c4C)cc3C)c(C)c2)c(C)c1. The molecule has 0 amide bonds. The molecule has 0 aliphatic heterocycles. The molecule has 3 N–H and O–H groups in total. The second kappa shape index (κ2) is 14.5. The molecule has 0 atom stereocenters. The first kappa shape index (κ1) is 39.9. The minimum absolute atomic E-state index is 0.0276. The van der Waals surface area contributed by atoms with Crippen LogP contribution >= 0.6 is 0 Å². The molecule has 0 aromatic heterocycles. The summed E-state index contributed by atoms with van der Waals surface area (Å²) in [6.07, 6.45) is 4.09. The van der Waals surface area contributed by atoms with E-state index in [9.17, 15) is 38.9 Å². The van der Waals surface area contributed by atoms with Crippen LogP contribution in [-0.4, -0.2) is 38.9 Å². The van der Waals surface area contributed by atoms with Gasteiger partial charge in [0.15, 0.2) is 10.2 Å². The molecule has 0 radical (unpaired) electrons. The Morgan fingerprint density at radius 2 is 1.06 bits per heavy atom. The van der Waals surface area contributed by atoms with E-state index >= 15 is 0 Å². The highest BCUT2D eigenvalue weighted by atomic mass is 32.2. The highest BCUT2D eigenvalue weighted by Gasteiger charge is 2.40. The van der Waals surface area contributed by atoms with Gasteiger partial charge in [-0.15, -0.1) is 0 Å². The van der Waals surface area contributed by atoms with Crippen molar-refractivity contribution in [3.63, 3.8) is 0 Å². The first-order valence-corrected chi connectivity index (χ1v) is 21.1. The molecule has 0 bridgehead atoms. The van der Waals surface area contributed by atoms with Gasteiger partial charge < -0.3 is 0 Å². The van der Waals surface area contributed by atoms with E-state index < -0.39 is 40.5 Å². The van der Waals surface area contributed by atoms with Gasteiger partial charge in [-0.05, 0) is 142 Å². The van der Waals surface area contributed by atoms with E-state index in [1.807, 2.05) is 51.1 Å². The Labute approximate surface area is 313 Å². The third-order valence-corrected chi connectivity index (χ3v) is 12.7. The zero-order valence-electron chi connectivity index (χ0n) is 30.9. The van der Waals surface area contributed by atoms with Crippen LogP contribution in [0.2, 0.25) is 0 Å². The zero-order chi connectivity index (χ0) is 39.4. The molecule has 5 rings (SSSR count). The van der Waals surface area contributed by atoms with Gasteiger partial charge in [0.25, 0.3) is 10.1 Å². The Hall–Kier alpha value is -4.30. The van der Waals surface area contributed by atoms with Gasteiger partial charge in [-0.2, -0.15) is 25.3 Å². The third kappa shape index (κ3) is 8.43. The average molecular weight is 776 g/mol. The number of rotatable bonds is 9. The summed E-state index contributed by atoms with van der Waals surface area (Å²) in [5.74, 6) is 0. The summed E-state index contributed by atoms with van der Waals surface area (Å²) < 4.78 is 104. The largest absolute Gasteiger partial charge is 0.331 e. The highest BCUT2D eigenvalue weighted by Crippen LogP contribution is 2.41. The number of hydrogen-bond acceptors (Lipinski definition) is 6. The van der Waals surface area contributed by atoms with Crippen molar-refractivity contribution in [3.8, 4) is 0 Å². The maximum absolute atomic E-state index is 12.9. The van der Waals surface area contributed by atoms with Crippen molar-refractivity contribution in [3.05, 3.63) is 166 Å². The first-order chi connectivity index (χ1) is 24.5. The van der Waals surface area contributed by atoms with E-state index in [-0.39, 0.29) is 10.5 Å². The van der Waals surface area contributed by atoms with E-state index in [2.05, 4.69) is 32.9 Å². The fourth-order valence-electron chi connectivity index (χ4n) is 7.52. The molecule has 0 saturated heterocycles. The van der Waals surface area contributed by atoms with Gasteiger partial charge in [0, 0.05) is 23.3 Å². The van der Waals surface area contributed by atoms with Gasteiger partial charge >= 0.3 is 20.2 Å². The summed E-state index contributed by atoms with van der Waals surface area (Å²) in [5, 5.41) is -0.691. The van der Waals surface area contributed by atoms with Crippen LogP contribution in [0, 0.1) is 60.6 Å². The molecule has 4 aromatic rings. The molecule has 278 valence electrons. The quantitative estimate of drug-likeness (QED) is 0.113. The van der Waals surface area contributed by atoms with E-state index in [4.69, 9.17) is 0 Å². The van der Waals surface area contributed by atoms with Crippen LogP contribution in [0.25, 0.3) is 5.57 Å². The second-order valence-electron chi connectivity index (χ2n) is 13.9. The summed E-state index contributed by atoms with van der Waals surface area (Å²) >= 11 is 0. The molecule has 1 aliphatic carbocycles. The number of aryl methyl sites for hydroxylation is 7. The van der Waals surface area contributed by atoms with Crippen LogP contribution in [0.5, 0.6) is 0 Å². The number of allylic oxidation sites excluding steroid dienone is 2. The fraction of sp³-hybridized carbons (Fsp3) is 0.244. The molecule has 0 unspecified atom stereocenters. The Balaban J connectivity index is 1.70. The van der Waals surface area contributed by atoms with Crippen LogP contribution < -0.4 is 0 Å². The first-order valence-electron chi connectivity index (χ1n) is 16.8. The van der Waals surface area contributed by atoms with Gasteiger partial charge in [0.05, 0.1) is 16.5 Å². The Bertz CT molecular complexity index is 2590. The topological polar surface area (TPSA) is 163 Å². The van der Waals surface area contributed by atoms with Gasteiger partial charge in [0.1, 0.15) is 5.57 Å². The maximum atomic E-state index is 12.9. The molecule has 0 fully saturated rings. The Morgan fingerprint density at radius 3 is 1.51 bits per heavy atom. The zero-order valence-corrected chi connectivity index (χ0v) is 33.3. The van der Waals surface area contributed by atoms with E-state index in [1.54, 1.807) is 26.0 Å². The number of hydrogen-bond donors (Lipinski definition) is 3. The minimum Gasteiger partial charge on any atom is -0.282 e. The van der Waals surface area contributed by atoms with Crippen molar-refractivity contribution in [1.82, 2.24) is 0 Å². The van der Waals surface area contributed by atoms with Crippen LogP contribution in [0.1, 0.15) is 77.9 Å². The highest BCUT2D eigenvalue weighted by molar-refractivity contribution is 7.90. The van der Waals surface area contributed by atoms with Crippen molar-refractivity contribution < 1.29 is 38.9 Å². The Morgan fingerprint density at radius 1 is 0.566 bits per heavy atom. The predicted octanol–water partition coefficient (Wildman–Crippen LogP) is 8.15. The van der Waals surface area contributed by atoms with Crippen LogP contribution in [0.15, 0.2) is 88.2 Å². The predicted molar refractivity (Wildman–Crippen MR) is 209 cm³/mol. The lowest BCUT2D eigenvalue weighted by molar-refractivity contribution is 0.480. The van der Waals surface area contributed by atoms with Crippen molar-refractivity contribution in [2.24, 2.45) is 0 Å². The monoisotopic (exact) mass is 775 g/mol. The van der Waals surface area contributed by atoms with Gasteiger partial charge in [-0.25, -0.2) is 0 Å². The lowest BCUT2D eigenvalue weighted by Gasteiger charge is -2.19. The van der Waals surface area contributed by atoms with E-state index in [1.165, 1.54) is 28.3 Å². The van der Waals surface area contributed by atoms with Gasteiger partial charge in [-0.3, -0.25) is 13.7 Å². The molecule has 1 aliphatic rings. The van der Waals surface area contributed by atoms with Gasteiger partial charge in [0.2, 0.25) is 0 Å². The van der Waals surface area contributed by atoms with Crippen LogP contribution in [-0.2, 0) is 43.2 Å². The lowest BCUT2D eigenvalue weighted by Crippen LogP contribution is -2.18. The molecule has 53 heavy (non-hydrogen) atoms. The third-order valence-electron chi connectivity index (χ3n) is 9.84. The fourth-order valence-corrected chi connectivity index (χ4v) is 9.80. The van der Waals surface area contributed by atoms with Crippen LogP contribution in [0.3, 0.4) is 0 Å². The van der Waals surface area contributed by atoms with E-state index in [0.717, 1.165) is 40.0 Å². The second-order valence-corrected chi connectivity index (χ2v) is 18.1. The number of benzene rings is 4. The van der Waals surface area contributed by atoms with Crippen molar-refractivity contribution >= 4 is 35.9 Å².